The van der Waals surface area contributed by atoms with Crippen molar-refractivity contribution in [1.82, 2.24) is 10.3 Å². The van der Waals surface area contributed by atoms with Crippen molar-refractivity contribution in [3.8, 4) is 0 Å². The van der Waals surface area contributed by atoms with E-state index in [1.54, 1.807) is 11.0 Å². The highest BCUT2D eigenvalue weighted by Gasteiger charge is 2.16. The molecule has 6 heteroatoms. The monoisotopic (exact) mass is 397 g/mol. The number of halogens is 1. The van der Waals surface area contributed by atoms with Gasteiger partial charge in [-0.3, -0.25) is 9.59 Å². The van der Waals surface area contributed by atoms with E-state index in [4.69, 9.17) is 11.6 Å². The second-order valence-electron chi connectivity index (χ2n) is 6.76. The predicted octanol–water partition coefficient (Wildman–Crippen LogP) is 4.23. The molecule has 0 saturated heterocycles. The highest BCUT2D eigenvalue weighted by molar-refractivity contribution is 6.31. The fourth-order valence-corrected chi connectivity index (χ4v) is 3.48. The van der Waals surface area contributed by atoms with Gasteiger partial charge in [-0.25, -0.2) is 0 Å². The normalized spacial score (nSPS) is 10.8. The summed E-state index contributed by atoms with van der Waals surface area (Å²) in [4.78, 5) is 29.2. The third-order valence-corrected chi connectivity index (χ3v) is 5.27. The Kier molecular flexibility index (Phi) is 6.37. The molecule has 1 aromatic heterocycles. The molecule has 2 N–H and O–H groups in total. The average molecular weight is 398 g/mol. The Morgan fingerprint density at radius 3 is 2.71 bits per heavy atom. The molecule has 5 nitrogen and oxygen atoms in total. The highest BCUT2D eigenvalue weighted by atomic mass is 35.5. The van der Waals surface area contributed by atoms with Crippen molar-refractivity contribution < 1.29 is 9.59 Å². The zero-order valence-electron chi connectivity index (χ0n) is 16.1. The molecular weight excluding hydrogens is 374 g/mol. The lowest BCUT2D eigenvalue weighted by molar-refractivity contribution is -0.121. The minimum atomic E-state index is -0.114. The number of nitrogens with one attached hydrogen (secondary N) is 2. The number of rotatable bonds is 7. The molecule has 0 aliphatic carbocycles. The van der Waals surface area contributed by atoms with Gasteiger partial charge in [-0.2, -0.15) is 0 Å². The van der Waals surface area contributed by atoms with E-state index >= 15 is 0 Å². The minimum Gasteiger partial charge on any atom is -0.361 e. The standard InChI is InChI=1S/C22H24ClN3O2/c1-15-19(23)7-5-9-21(15)26(16(2)27)13-11-22(28)24-12-10-17-14-25-20-8-4-3-6-18(17)20/h3-9,14,25H,10-13H2,1-2H3,(H,24,28). The molecule has 0 aliphatic heterocycles. The summed E-state index contributed by atoms with van der Waals surface area (Å²) in [5, 5.41) is 4.72. The van der Waals surface area contributed by atoms with E-state index in [1.165, 1.54) is 17.9 Å². The molecule has 0 fully saturated rings. The van der Waals surface area contributed by atoms with Gasteiger partial charge in [0.15, 0.2) is 0 Å². The van der Waals surface area contributed by atoms with Crippen molar-refractivity contribution >= 4 is 40.0 Å². The summed E-state index contributed by atoms with van der Waals surface area (Å²) in [5.41, 5.74) is 3.85. The summed E-state index contributed by atoms with van der Waals surface area (Å²) in [6, 6.07) is 13.5. The number of carbonyl (C=O) groups is 2. The van der Waals surface area contributed by atoms with E-state index < -0.39 is 0 Å². The molecule has 3 aromatic rings. The molecular formula is C22H24ClN3O2. The minimum absolute atomic E-state index is 0.0780. The van der Waals surface area contributed by atoms with E-state index in [-0.39, 0.29) is 18.2 Å². The van der Waals surface area contributed by atoms with Gasteiger partial charge >= 0.3 is 0 Å². The van der Waals surface area contributed by atoms with Crippen LogP contribution < -0.4 is 10.2 Å². The van der Waals surface area contributed by atoms with Gasteiger partial charge in [0.25, 0.3) is 0 Å². The van der Waals surface area contributed by atoms with Crippen molar-refractivity contribution in [2.75, 3.05) is 18.0 Å². The van der Waals surface area contributed by atoms with Crippen LogP contribution in [0, 0.1) is 6.92 Å². The molecule has 0 spiro atoms. The first-order valence-corrected chi connectivity index (χ1v) is 9.70. The Hall–Kier alpha value is -2.79. The molecule has 1 heterocycles. The lowest BCUT2D eigenvalue weighted by atomic mass is 10.1. The molecule has 28 heavy (non-hydrogen) atoms. The van der Waals surface area contributed by atoms with Gasteiger partial charge in [0.2, 0.25) is 11.8 Å². The van der Waals surface area contributed by atoms with Crippen LogP contribution >= 0.6 is 11.6 Å². The van der Waals surface area contributed by atoms with Gasteiger partial charge in [0, 0.05) is 54.2 Å². The predicted molar refractivity (Wildman–Crippen MR) is 114 cm³/mol. The fraction of sp³-hybridized carbons (Fsp3) is 0.273. The molecule has 2 aromatic carbocycles. The Bertz CT molecular complexity index is 996. The molecule has 0 aliphatic rings. The van der Waals surface area contributed by atoms with Gasteiger partial charge < -0.3 is 15.2 Å². The van der Waals surface area contributed by atoms with Crippen LogP contribution in [0.2, 0.25) is 5.02 Å². The first-order chi connectivity index (χ1) is 13.5. The Morgan fingerprint density at radius 2 is 1.93 bits per heavy atom. The lowest BCUT2D eigenvalue weighted by Crippen LogP contribution is -2.34. The van der Waals surface area contributed by atoms with Gasteiger partial charge in [0.05, 0.1) is 0 Å². The molecule has 2 amide bonds. The molecule has 3 rings (SSSR count). The van der Waals surface area contributed by atoms with Gasteiger partial charge in [-0.15, -0.1) is 0 Å². The van der Waals surface area contributed by atoms with Crippen molar-refractivity contribution in [3.63, 3.8) is 0 Å². The number of hydrogen-bond acceptors (Lipinski definition) is 2. The molecule has 0 unspecified atom stereocenters. The zero-order valence-corrected chi connectivity index (χ0v) is 16.8. The van der Waals surface area contributed by atoms with Gasteiger partial charge in [-0.1, -0.05) is 35.9 Å². The van der Waals surface area contributed by atoms with Crippen LogP contribution in [0.1, 0.15) is 24.5 Å². The fourth-order valence-electron chi connectivity index (χ4n) is 3.31. The number of anilines is 1. The third kappa shape index (κ3) is 4.54. The molecule has 0 atom stereocenters. The van der Waals surface area contributed by atoms with Crippen molar-refractivity contribution in [3.05, 3.63) is 64.8 Å². The summed E-state index contributed by atoms with van der Waals surface area (Å²) >= 11 is 6.16. The molecule has 0 saturated carbocycles. The smallest absolute Gasteiger partial charge is 0.223 e. The Labute approximate surface area is 169 Å². The number of aromatic nitrogens is 1. The number of H-pyrrole nitrogens is 1. The van der Waals surface area contributed by atoms with Crippen LogP contribution in [0.25, 0.3) is 10.9 Å². The van der Waals surface area contributed by atoms with Crippen LogP contribution in [0.3, 0.4) is 0 Å². The quantitative estimate of drug-likeness (QED) is 0.626. The summed E-state index contributed by atoms with van der Waals surface area (Å²) < 4.78 is 0. The maximum absolute atomic E-state index is 12.3. The number of benzene rings is 2. The molecule has 146 valence electrons. The number of amides is 2. The largest absolute Gasteiger partial charge is 0.361 e. The summed E-state index contributed by atoms with van der Waals surface area (Å²) in [6.45, 7) is 4.23. The lowest BCUT2D eigenvalue weighted by Gasteiger charge is -2.23. The zero-order chi connectivity index (χ0) is 20.1. The second-order valence-corrected chi connectivity index (χ2v) is 7.17. The number of hydrogen-bond donors (Lipinski definition) is 2. The number of fused-ring (bicyclic) bond motifs is 1. The molecule has 0 radical (unpaired) electrons. The Morgan fingerprint density at radius 1 is 1.14 bits per heavy atom. The average Bonchev–Trinajstić information content (AvgIpc) is 3.08. The van der Waals surface area contributed by atoms with Crippen molar-refractivity contribution in [1.29, 1.82) is 0 Å². The van der Waals surface area contributed by atoms with Crippen LogP contribution in [-0.2, 0) is 16.0 Å². The SMILES string of the molecule is CC(=O)N(CCC(=O)NCCc1c[nH]c2ccccc12)c1cccc(Cl)c1C. The number of carbonyl (C=O) groups excluding carboxylic acids is 2. The van der Waals surface area contributed by atoms with Gasteiger partial charge in [-0.05, 0) is 42.7 Å². The van der Waals surface area contributed by atoms with E-state index in [0.717, 1.165) is 23.2 Å². The number of aromatic amines is 1. The maximum atomic E-state index is 12.3. The van der Waals surface area contributed by atoms with Gasteiger partial charge in [0.1, 0.15) is 0 Å². The summed E-state index contributed by atoms with van der Waals surface area (Å²) in [7, 11) is 0. The topological polar surface area (TPSA) is 65.2 Å². The Balaban J connectivity index is 1.54. The van der Waals surface area contributed by atoms with Crippen LogP contribution in [0.5, 0.6) is 0 Å². The van der Waals surface area contributed by atoms with E-state index in [0.29, 0.717) is 18.1 Å². The first-order valence-electron chi connectivity index (χ1n) is 9.32. The van der Waals surface area contributed by atoms with Crippen LogP contribution in [0.4, 0.5) is 5.69 Å². The maximum Gasteiger partial charge on any atom is 0.223 e. The highest BCUT2D eigenvalue weighted by Crippen LogP contribution is 2.26. The van der Waals surface area contributed by atoms with E-state index in [2.05, 4.69) is 16.4 Å². The number of nitrogens with zero attached hydrogens (tertiary/aromatic N) is 1. The summed E-state index contributed by atoms with van der Waals surface area (Å²) in [6.07, 6.45) is 2.97. The van der Waals surface area contributed by atoms with Crippen molar-refractivity contribution in [2.24, 2.45) is 0 Å². The van der Waals surface area contributed by atoms with E-state index in [1.807, 2.05) is 43.5 Å². The first kappa shape index (κ1) is 20.0. The summed E-state index contributed by atoms with van der Waals surface area (Å²) in [5.74, 6) is -0.192. The van der Waals surface area contributed by atoms with Crippen LogP contribution in [-0.4, -0.2) is 29.9 Å². The number of para-hydroxylation sites is 1. The van der Waals surface area contributed by atoms with Crippen LogP contribution in [0.15, 0.2) is 48.7 Å². The third-order valence-electron chi connectivity index (χ3n) is 4.86. The molecule has 0 bridgehead atoms. The van der Waals surface area contributed by atoms with Crippen molar-refractivity contribution in [2.45, 2.75) is 26.7 Å². The second kappa shape index (κ2) is 8.93. The van der Waals surface area contributed by atoms with E-state index in [9.17, 15) is 9.59 Å².